The molecule has 0 aromatic heterocycles. The number of carbonyl (C=O) groups excluding carboxylic acids is 2. The zero-order chi connectivity index (χ0) is 24.1. The smallest absolute Gasteiger partial charge is 0.413 e. The Kier molecular flexibility index (Phi) is 9.35. The number of ether oxygens (including phenoxy) is 2. The number of unbranched alkanes of at least 4 members (excludes halogenated alkanes) is 1. The van der Waals surface area contributed by atoms with Crippen LogP contribution in [0, 0.1) is 11.8 Å². The van der Waals surface area contributed by atoms with Crippen molar-refractivity contribution < 1.29 is 34.0 Å². The first-order chi connectivity index (χ1) is 15.0. The number of carboxylic acids is 1. The average Bonchev–Trinajstić information content (AvgIpc) is 3.25. The van der Waals surface area contributed by atoms with Crippen molar-refractivity contribution in [1.29, 1.82) is 0 Å². The van der Waals surface area contributed by atoms with E-state index in [1.807, 2.05) is 13.8 Å². The normalized spacial score (nSPS) is 26.7. The number of aliphatic carboxylic acids is 1. The van der Waals surface area contributed by atoms with E-state index in [2.05, 4.69) is 5.32 Å². The van der Waals surface area contributed by atoms with Gasteiger partial charge in [0, 0.05) is 25.9 Å². The van der Waals surface area contributed by atoms with Gasteiger partial charge in [0.25, 0.3) is 7.48 Å². The summed E-state index contributed by atoms with van der Waals surface area (Å²) < 4.78 is 10.7. The second-order valence-electron chi connectivity index (χ2n) is 9.28. The second-order valence-corrected chi connectivity index (χ2v) is 9.28. The summed E-state index contributed by atoms with van der Waals surface area (Å²) in [4.78, 5) is 40.7. The predicted octanol–water partition coefficient (Wildman–Crippen LogP) is 0.916. The highest BCUT2D eigenvalue weighted by Gasteiger charge is 2.58. The maximum Gasteiger partial charge on any atom is 0.413 e. The summed E-state index contributed by atoms with van der Waals surface area (Å²) in [5, 5.41) is 21.9. The Morgan fingerprint density at radius 1 is 1.22 bits per heavy atom. The van der Waals surface area contributed by atoms with Crippen LogP contribution in [0.5, 0.6) is 0 Å². The Bertz CT molecular complexity index is 670. The van der Waals surface area contributed by atoms with Crippen molar-refractivity contribution >= 4 is 25.5 Å². The standard InChI is InChI=1S/C21H37BN3O7/c1-13(2)17(24(4)5)18(26)31-14(3)32-20(29)25-11-8-15-16(25)12-23-21(15,19(27)28)9-6-7-10-22-30/h13-17,23,30H,6-12H2,1-5H3,(H,27,28)/t14?,15-,16-,17-,21+/m0/s1. The van der Waals surface area contributed by atoms with Gasteiger partial charge in [0.1, 0.15) is 11.6 Å². The molecular weight excluding hydrogens is 417 g/mol. The SMILES string of the molecule is CC(OC(=O)[C@H](C(C)C)N(C)C)OC(=O)N1CC[C@H]2[C@@H]1CN[C@@]2(CCCC[B]O)C(=O)O. The largest absolute Gasteiger partial charge is 0.480 e. The van der Waals surface area contributed by atoms with E-state index in [1.54, 1.807) is 23.9 Å². The second kappa shape index (κ2) is 11.3. The van der Waals surface area contributed by atoms with E-state index in [-0.39, 0.29) is 17.9 Å². The van der Waals surface area contributed by atoms with Crippen LogP contribution in [0.3, 0.4) is 0 Å². The van der Waals surface area contributed by atoms with E-state index < -0.39 is 35.9 Å². The molecule has 2 heterocycles. The zero-order valence-corrected chi connectivity index (χ0v) is 19.7. The molecule has 0 saturated carbocycles. The molecule has 2 fully saturated rings. The molecule has 181 valence electrons. The Balaban J connectivity index is 1.97. The van der Waals surface area contributed by atoms with E-state index in [1.165, 1.54) is 6.92 Å². The summed E-state index contributed by atoms with van der Waals surface area (Å²) in [6.45, 7) is 6.08. The molecule has 1 unspecified atom stereocenters. The molecule has 0 aliphatic carbocycles. The lowest BCUT2D eigenvalue weighted by atomic mass is 9.78. The lowest BCUT2D eigenvalue weighted by molar-refractivity contribution is -0.173. The van der Waals surface area contributed by atoms with Crippen molar-refractivity contribution in [3.05, 3.63) is 0 Å². The van der Waals surface area contributed by atoms with Crippen LogP contribution in [0.15, 0.2) is 0 Å². The van der Waals surface area contributed by atoms with Gasteiger partial charge in [0.15, 0.2) is 0 Å². The fourth-order valence-electron chi connectivity index (χ4n) is 5.13. The molecule has 0 aromatic rings. The van der Waals surface area contributed by atoms with Crippen molar-refractivity contribution in [2.24, 2.45) is 11.8 Å². The predicted molar refractivity (Wildman–Crippen MR) is 118 cm³/mol. The Hall–Kier alpha value is -1.85. The molecule has 11 heteroatoms. The number of esters is 1. The summed E-state index contributed by atoms with van der Waals surface area (Å²) in [6, 6.07) is -0.748. The van der Waals surface area contributed by atoms with Gasteiger partial charge in [-0.2, -0.15) is 0 Å². The van der Waals surface area contributed by atoms with Gasteiger partial charge >= 0.3 is 18.0 Å². The maximum absolute atomic E-state index is 12.8. The van der Waals surface area contributed by atoms with Crippen molar-refractivity contribution in [3.63, 3.8) is 0 Å². The maximum atomic E-state index is 12.8. The summed E-state index contributed by atoms with van der Waals surface area (Å²) in [5.41, 5.74) is -1.09. The number of nitrogens with zero attached hydrogens (tertiary/aromatic N) is 2. The molecule has 1 amide bonds. The van der Waals surface area contributed by atoms with Crippen LogP contribution in [0.1, 0.15) is 46.5 Å². The third-order valence-electron chi connectivity index (χ3n) is 6.55. The van der Waals surface area contributed by atoms with Crippen LogP contribution in [0.2, 0.25) is 6.32 Å². The number of rotatable bonds is 11. The van der Waals surface area contributed by atoms with Gasteiger partial charge in [0.05, 0.1) is 6.04 Å². The zero-order valence-electron chi connectivity index (χ0n) is 19.7. The molecule has 2 rings (SSSR count). The average molecular weight is 454 g/mol. The first kappa shape index (κ1) is 26.4. The van der Waals surface area contributed by atoms with Gasteiger partial charge in [0.2, 0.25) is 6.29 Å². The number of hydrogen-bond donors (Lipinski definition) is 3. The van der Waals surface area contributed by atoms with Gasteiger partial charge in [-0.25, -0.2) is 4.79 Å². The van der Waals surface area contributed by atoms with Gasteiger partial charge < -0.3 is 24.5 Å². The van der Waals surface area contributed by atoms with E-state index in [0.717, 1.165) is 7.48 Å². The number of nitrogens with one attached hydrogen (secondary N) is 1. The van der Waals surface area contributed by atoms with Crippen LogP contribution < -0.4 is 5.32 Å². The number of carboxylic acid groups (broad SMARTS) is 1. The summed E-state index contributed by atoms with van der Waals surface area (Å²) in [5.74, 6) is -1.58. The molecule has 2 aliphatic heterocycles. The van der Waals surface area contributed by atoms with E-state index >= 15 is 0 Å². The third kappa shape index (κ3) is 5.74. The summed E-state index contributed by atoms with van der Waals surface area (Å²) >= 11 is 0. The lowest BCUT2D eigenvalue weighted by Crippen LogP contribution is -2.52. The first-order valence-corrected chi connectivity index (χ1v) is 11.3. The molecule has 5 atom stereocenters. The van der Waals surface area contributed by atoms with Gasteiger partial charge in [-0.1, -0.05) is 33.0 Å². The minimum Gasteiger partial charge on any atom is -0.480 e. The fraction of sp³-hybridized carbons (Fsp3) is 0.857. The molecular formula is C21H37BN3O7. The molecule has 0 aromatic carbocycles. The summed E-state index contributed by atoms with van der Waals surface area (Å²) in [7, 11) is 4.66. The quantitative estimate of drug-likeness (QED) is 0.181. The monoisotopic (exact) mass is 454 g/mol. The molecule has 3 N–H and O–H groups in total. The molecule has 32 heavy (non-hydrogen) atoms. The Morgan fingerprint density at radius 3 is 2.47 bits per heavy atom. The van der Waals surface area contributed by atoms with Crippen molar-refractivity contribution in [2.75, 3.05) is 27.2 Å². The molecule has 2 aliphatic rings. The first-order valence-electron chi connectivity index (χ1n) is 11.3. The highest BCUT2D eigenvalue weighted by Crippen LogP contribution is 2.41. The van der Waals surface area contributed by atoms with Crippen LogP contribution in [0.25, 0.3) is 0 Å². The van der Waals surface area contributed by atoms with E-state index in [4.69, 9.17) is 14.5 Å². The van der Waals surface area contributed by atoms with Gasteiger partial charge in [-0.3, -0.25) is 19.8 Å². The van der Waals surface area contributed by atoms with Crippen LogP contribution in [-0.4, -0.2) is 96.5 Å². The van der Waals surface area contributed by atoms with Crippen molar-refractivity contribution in [1.82, 2.24) is 15.1 Å². The topological polar surface area (TPSA) is 129 Å². The van der Waals surface area contributed by atoms with Crippen molar-refractivity contribution in [2.45, 2.75) is 76.7 Å². The molecule has 0 spiro atoms. The lowest BCUT2D eigenvalue weighted by Gasteiger charge is -2.31. The van der Waals surface area contributed by atoms with Crippen LogP contribution in [-0.2, 0) is 19.1 Å². The van der Waals surface area contributed by atoms with Gasteiger partial charge in [-0.05, 0) is 32.9 Å². The highest BCUT2D eigenvalue weighted by atomic mass is 16.7. The number of fused-ring (bicyclic) bond motifs is 1. The molecule has 1 radical (unpaired) electrons. The Morgan fingerprint density at radius 2 is 1.91 bits per heavy atom. The highest BCUT2D eigenvalue weighted by molar-refractivity contribution is 6.25. The molecule has 0 bridgehead atoms. The summed E-state index contributed by atoms with van der Waals surface area (Å²) in [6.07, 6.45) is 1.18. The minimum atomic E-state index is -1.09. The number of likely N-dealkylation sites (tertiary alicyclic amines) is 1. The number of likely N-dealkylation sites (N-methyl/N-ethyl adjacent to an activating group) is 1. The number of hydrogen-bond acceptors (Lipinski definition) is 8. The fourth-order valence-corrected chi connectivity index (χ4v) is 5.13. The van der Waals surface area contributed by atoms with E-state index in [9.17, 15) is 19.5 Å². The number of amides is 1. The van der Waals surface area contributed by atoms with Crippen LogP contribution >= 0.6 is 0 Å². The van der Waals surface area contributed by atoms with E-state index in [0.29, 0.717) is 45.1 Å². The van der Waals surface area contributed by atoms with Gasteiger partial charge in [-0.15, -0.1) is 0 Å². The molecule has 2 saturated heterocycles. The number of carbonyl (C=O) groups is 3. The Labute approximate surface area is 190 Å². The van der Waals surface area contributed by atoms with Crippen LogP contribution in [0.4, 0.5) is 4.79 Å². The van der Waals surface area contributed by atoms with Crippen molar-refractivity contribution in [3.8, 4) is 0 Å². The molecule has 10 nitrogen and oxygen atoms in total. The third-order valence-corrected chi connectivity index (χ3v) is 6.55. The minimum absolute atomic E-state index is 0.0312.